The fourth-order valence-corrected chi connectivity index (χ4v) is 4.75. The zero-order valence-electron chi connectivity index (χ0n) is 14.4. The van der Waals surface area contributed by atoms with E-state index in [-0.39, 0.29) is 5.75 Å². The van der Waals surface area contributed by atoms with Crippen LogP contribution in [0.25, 0.3) is 10.4 Å². The van der Waals surface area contributed by atoms with Gasteiger partial charge >= 0.3 is 6.36 Å². The van der Waals surface area contributed by atoms with Gasteiger partial charge in [0.1, 0.15) is 16.4 Å². The molecule has 0 unspecified atom stereocenters. The largest absolute Gasteiger partial charge is 0.573 e. The van der Waals surface area contributed by atoms with Gasteiger partial charge in [-0.1, -0.05) is 6.07 Å². The number of ether oxygens (including phenoxy) is 2. The molecule has 0 N–H and O–H groups in total. The van der Waals surface area contributed by atoms with E-state index in [1.54, 1.807) is 12.3 Å². The number of thiophene rings is 1. The second-order valence-corrected chi connectivity index (χ2v) is 8.58. The van der Waals surface area contributed by atoms with Crippen molar-refractivity contribution in [3.05, 3.63) is 59.7 Å². The molecule has 2 heterocycles. The van der Waals surface area contributed by atoms with Crippen LogP contribution in [-0.2, 0) is 15.6 Å². The predicted molar refractivity (Wildman–Crippen MR) is 98.1 cm³/mol. The molecule has 0 aliphatic carbocycles. The molecule has 0 atom stereocenters. The molecule has 0 spiro atoms. The minimum Gasteiger partial charge on any atom is -0.495 e. The van der Waals surface area contributed by atoms with Crippen LogP contribution in [0.2, 0.25) is 0 Å². The highest BCUT2D eigenvalue weighted by molar-refractivity contribution is 7.90. The van der Waals surface area contributed by atoms with Gasteiger partial charge in [0.15, 0.2) is 9.84 Å². The third-order valence-electron chi connectivity index (χ3n) is 3.66. The van der Waals surface area contributed by atoms with Crippen molar-refractivity contribution < 1.29 is 31.1 Å². The van der Waals surface area contributed by atoms with Gasteiger partial charge in [-0.2, -0.15) is 0 Å². The molecule has 0 fully saturated rings. The molecule has 0 saturated carbocycles. The second kappa shape index (κ2) is 7.80. The first-order valence-electron chi connectivity index (χ1n) is 7.82. The Bertz CT molecular complexity index is 1060. The van der Waals surface area contributed by atoms with Crippen molar-refractivity contribution in [1.29, 1.82) is 0 Å². The zero-order valence-corrected chi connectivity index (χ0v) is 16.1. The Morgan fingerprint density at radius 3 is 2.57 bits per heavy atom. The number of aromatic nitrogens is 1. The highest BCUT2D eigenvalue weighted by Crippen LogP contribution is 2.33. The highest BCUT2D eigenvalue weighted by atomic mass is 32.2. The van der Waals surface area contributed by atoms with Crippen molar-refractivity contribution in [2.24, 2.45) is 0 Å². The maximum atomic E-state index is 12.9. The van der Waals surface area contributed by atoms with E-state index in [4.69, 9.17) is 4.74 Å². The lowest BCUT2D eigenvalue weighted by molar-refractivity contribution is -0.274. The summed E-state index contributed by atoms with van der Waals surface area (Å²) in [5.41, 5.74) is 1.15. The van der Waals surface area contributed by atoms with E-state index < -0.39 is 32.6 Å². The Balaban J connectivity index is 1.94. The Hall–Kier alpha value is -2.59. The average molecular weight is 429 g/mol. The SMILES string of the molecule is COc1ccc(OC(F)(F)F)cc1S(=O)(=O)Cc1cncc(-c2cccs2)c1. The van der Waals surface area contributed by atoms with Gasteiger partial charge in [0.2, 0.25) is 0 Å². The Morgan fingerprint density at radius 1 is 1.14 bits per heavy atom. The summed E-state index contributed by atoms with van der Waals surface area (Å²) in [4.78, 5) is 4.60. The van der Waals surface area contributed by atoms with Crippen LogP contribution < -0.4 is 9.47 Å². The van der Waals surface area contributed by atoms with Gasteiger partial charge in [0.05, 0.1) is 12.9 Å². The maximum absolute atomic E-state index is 12.9. The number of alkyl halides is 3. The number of hydrogen-bond donors (Lipinski definition) is 0. The van der Waals surface area contributed by atoms with Gasteiger partial charge in [0.25, 0.3) is 0 Å². The molecule has 0 bridgehead atoms. The van der Waals surface area contributed by atoms with E-state index in [0.29, 0.717) is 5.56 Å². The van der Waals surface area contributed by atoms with Crippen LogP contribution in [0.4, 0.5) is 13.2 Å². The quantitative estimate of drug-likeness (QED) is 0.569. The fraction of sp³-hybridized carbons (Fsp3) is 0.167. The van der Waals surface area contributed by atoms with Gasteiger partial charge in [-0.15, -0.1) is 24.5 Å². The number of pyridine rings is 1. The number of sulfone groups is 1. The highest BCUT2D eigenvalue weighted by Gasteiger charge is 2.32. The van der Waals surface area contributed by atoms with Gasteiger partial charge < -0.3 is 9.47 Å². The lowest BCUT2D eigenvalue weighted by Crippen LogP contribution is -2.17. The molecule has 2 aromatic heterocycles. The Kier molecular flexibility index (Phi) is 5.61. The molecule has 3 rings (SSSR count). The smallest absolute Gasteiger partial charge is 0.495 e. The summed E-state index contributed by atoms with van der Waals surface area (Å²) < 4.78 is 71.9. The lowest BCUT2D eigenvalue weighted by atomic mass is 10.2. The van der Waals surface area contributed by atoms with E-state index >= 15 is 0 Å². The van der Waals surface area contributed by atoms with Crippen LogP contribution >= 0.6 is 11.3 Å². The average Bonchev–Trinajstić information content (AvgIpc) is 3.15. The first kappa shape index (κ1) is 20.2. The molecule has 148 valence electrons. The fourth-order valence-electron chi connectivity index (χ4n) is 2.54. The molecule has 0 radical (unpaired) electrons. The van der Waals surface area contributed by atoms with E-state index in [2.05, 4.69) is 9.72 Å². The van der Waals surface area contributed by atoms with E-state index in [9.17, 15) is 21.6 Å². The normalized spacial score (nSPS) is 12.0. The van der Waals surface area contributed by atoms with E-state index in [0.717, 1.165) is 28.6 Å². The summed E-state index contributed by atoms with van der Waals surface area (Å²) in [6, 6.07) is 8.33. The zero-order chi connectivity index (χ0) is 20.4. The molecule has 1 aromatic carbocycles. The second-order valence-electron chi connectivity index (χ2n) is 5.68. The summed E-state index contributed by atoms with van der Waals surface area (Å²) in [7, 11) is -2.79. The molecule has 0 amide bonds. The summed E-state index contributed by atoms with van der Waals surface area (Å²) in [5, 5.41) is 1.88. The molecular formula is C18H14F3NO4S2. The monoisotopic (exact) mass is 429 g/mol. The molecule has 28 heavy (non-hydrogen) atoms. The van der Waals surface area contributed by atoms with Crippen LogP contribution in [0.5, 0.6) is 11.5 Å². The van der Waals surface area contributed by atoms with Gasteiger partial charge in [0, 0.05) is 28.9 Å². The van der Waals surface area contributed by atoms with Crippen molar-refractivity contribution in [1.82, 2.24) is 4.98 Å². The third-order valence-corrected chi connectivity index (χ3v) is 6.28. The van der Waals surface area contributed by atoms with E-state index in [1.807, 2.05) is 17.5 Å². The molecular weight excluding hydrogens is 415 g/mol. The summed E-state index contributed by atoms with van der Waals surface area (Å²) in [5.74, 6) is -1.17. The Labute approximate surface area is 163 Å². The van der Waals surface area contributed by atoms with Crippen molar-refractivity contribution in [3.8, 4) is 21.9 Å². The minimum absolute atomic E-state index is 0.0723. The van der Waals surface area contributed by atoms with Crippen molar-refractivity contribution in [2.75, 3.05) is 7.11 Å². The molecule has 0 saturated heterocycles. The van der Waals surface area contributed by atoms with E-state index in [1.165, 1.54) is 24.6 Å². The number of hydrogen-bond acceptors (Lipinski definition) is 6. The van der Waals surface area contributed by atoms with Crippen LogP contribution in [0.1, 0.15) is 5.56 Å². The maximum Gasteiger partial charge on any atom is 0.573 e. The van der Waals surface area contributed by atoms with Gasteiger partial charge in [-0.05, 0) is 35.2 Å². The van der Waals surface area contributed by atoms with Gasteiger partial charge in [-0.25, -0.2) is 8.42 Å². The van der Waals surface area contributed by atoms with Crippen LogP contribution in [0, 0.1) is 0 Å². The number of nitrogens with zero attached hydrogens (tertiary/aromatic N) is 1. The predicted octanol–water partition coefficient (Wildman–Crippen LogP) is 4.69. The van der Waals surface area contributed by atoms with Crippen LogP contribution in [0.3, 0.4) is 0 Å². The Morgan fingerprint density at radius 2 is 1.93 bits per heavy atom. The first-order chi connectivity index (χ1) is 13.2. The van der Waals surface area contributed by atoms with Crippen LogP contribution in [-0.4, -0.2) is 26.9 Å². The summed E-state index contributed by atoms with van der Waals surface area (Å²) in [6.07, 6.45) is -1.92. The minimum atomic E-state index is -4.94. The topological polar surface area (TPSA) is 65.5 Å². The summed E-state index contributed by atoms with van der Waals surface area (Å²) in [6.45, 7) is 0. The number of methoxy groups -OCH3 is 1. The number of rotatable bonds is 6. The standard InChI is InChI=1S/C18H14F3NO4S2/c1-25-15-5-4-14(26-18(19,20)21)8-17(15)28(23,24)11-12-7-13(10-22-9-12)16-3-2-6-27-16/h2-10H,11H2,1H3. The molecule has 5 nitrogen and oxygen atoms in total. The van der Waals surface area contributed by atoms with Crippen molar-refractivity contribution >= 4 is 21.2 Å². The number of benzene rings is 1. The molecule has 3 aromatic rings. The first-order valence-corrected chi connectivity index (χ1v) is 10.4. The molecule has 0 aliphatic heterocycles. The number of halogens is 3. The molecule has 10 heteroatoms. The van der Waals surface area contributed by atoms with Gasteiger partial charge in [-0.3, -0.25) is 4.98 Å². The van der Waals surface area contributed by atoms with Crippen molar-refractivity contribution in [3.63, 3.8) is 0 Å². The third kappa shape index (κ3) is 4.82. The van der Waals surface area contributed by atoms with Crippen molar-refractivity contribution in [2.45, 2.75) is 17.0 Å². The van der Waals surface area contributed by atoms with Crippen LogP contribution in [0.15, 0.2) is 59.1 Å². The lowest BCUT2D eigenvalue weighted by Gasteiger charge is -2.13. The summed E-state index contributed by atoms with van der Waals surface area (Å²) >= 11 is 1.48. The molecule has 0 aliphatic rings.